The van der Waals surface area contributed by atoms with Crippen LogP contribution in [-0.4, -0.2) is 97.3 Å². The first-order chi connectivity index (χ1) is 23.9. The first-order valence-corrected chi connectivity index (χ1v) is 17.6. The first-order valence-electron chi connectivity index (χ1n) is 17.6. The van der Waals surface area contributed by atoms with Crippen molar-refractivity contribution in [2.45, 2.75) is 78.4 Å². The molecule has 0 spiro atoms. The minimum absolute atomic E-state index is 0.373. The van der Waals surface area contributed by atoms with E-state index in [0.29, 0.717) is 51.1 Å². The minimum atomic E-state index is -0.562. The van der Waals surface area contributed by atoms with Crippen molar-refractivity contribution in [3.63, 3.8) is 0 Å². The van der Waals surface area contributed by atoms with E-state index in [1.807, 2.05) is 102 Å². The number of rotatable bonds is 14. The molecule has 0 radical (unpaired) electrons. The summed E-state index contributed by atoms with van der Waals surface area (Å²) in [6, 6.07) is 15.4. The molecule has 2 aliphatic heterocycles. The van der Waals surface area contributed by atoms with Crippen molar-refractivity contribution in [3.05, 3.63) is 72.1 Å². The largest absolute Gasteiger partial charge is 0.494 e. The van der Waals surface area contributed by atoms with Gasteiger partial charge in [0.05, 0.1) is 13.2 Å². The molecule has 2 aromatic carbocycles. The van der Waals surface area contributed by atoms with Crippen LogP contribution in [0.4, 0.5) is 9.59 Å². The van der Waals surface area contributed by atoms with E-state index < -0.39 is 11.2 Å². The number of amidine groups is 2. The lowest BCUT2D eigenvalue weighted by atomic mass is 10.1. The Hall–Kier alpha value is -4.74. The molecule has 2 aliphatic rings. The van der Waals surface area contributed by atoms with Gasteiger partial charge in [0.15, 0.2) is 0 Å². The molecule has 0 bridgehead atoms. The molecule has 0 saturated heterocycles. The van der Waals surface area contributed by atoms with Gasteiger partial charge >= 0.3 is 12.2 Å². The Morgan fingerprint density at radius 2 is 1.04 bits per heavy atom. The number of hydrogen-bond acceptors (Lipinski definition) is 10. The van der Waals surface area contributed by atoms with Gasteiger partial charge < -0.3 is 29.6 Å². The number of nitrogens with one attached hydrogen (secondary N) is 2. The number of amides is 2. The zero-order valence-electron chi connectivity index (χ0n) is 30.5. The monoisotopic (exact) mass is 690 g/mol. The van der Waals surface area contributed by atoms with Crippen molar-refractivity contribution in [1.82, 2.24) is 20.4 Å². The van der Waals surface area contributed by atoms with E-state index in [4.69, 9.17) is 18.9 Å². The van der Waals surface area contributed by atoms with Crippen LogP contribution in [0.25, 0.3) is 0 Å². The van der Waals surface area contributed by atoms with E-state index in [1.165, 1.54) is 0 Å². The predicted molar refractivity (Wildman–Crippen MR) is 196 cm³/mol. The Balaban J connectivity index is 1.06. The molecule has 2 aromatic rings. The van der Waals surface area contributed by atoms with Crippen molar-refractivity contribution >= 4 is 23.9 Å². The van der Waals surface area contributed by atoms with Crippen molar-refractivity contribution in [2.24, 2.45) is 9.98 Å². The third kappa shape index (κ3) is 12.6. The first kappa shape index (κ1) is 38.1. The van der Waals surface area contributed by atoms with Gasteiger partial charge in [-0.2, -0.15) is 0 Å². The van der Waals surface area contributed by atoms with Crippen LogP contribution in [0.5, 0.6) is 11.5 Å². The molecule has 2 N–H and O–H groups in total. The molecule has 0 fully saturated rings. The van der Waals surface area contributed by atoms with Crippen LogP contribution >= 0.6 is 0 Å². The SMILES string of the molecule is CC(C)(C)OC(=O)N1CCCN=C1c1ccc(OCCCN/C=C\NCCCOc2ccc(C3=NCCCN3C(=O)OC(C)(C)C)cc2)cc1. The van der Waals surface area contributed by atoms with Gasteiger partial charge in [0.2, 0.25) is 0 Å². The van der Waals surface area contributed by atoms with Crippen LogP contribution in [0.3, 0.4) is 0 Å². The molecule has 12 nitrogen and oxygen atoms in total. The topological polar surface area (TPSA) is 126 Å². The Kier molecular flexibility index (Phi) is 13.9. The highest BCUT2D eigenvalue weighted by atomic mass is 16.6. The number of nitrogens with zero attached hydrogens (tertiary/aromatic N) is 4. The third-order valence-electron chi connectivity index (χ3n) is 7.35. The highest BCUT2D eigenvalue weighted by molar-refractivity contribution is 6.07. The molecule has 272 valence electrons. The fraction of sp³-hybridized carbons (Fsp3) is 0.526. The van der Waals surface area contributed by atoms with Crippen LogP contribution in [0.15, 0.2) is 70.9 Å². The highest BCUT2D eigenvalue weighted by Crippen LogP contribution is 2.21. The van der Waals surface area contributed by atoms with Gasteiger partial charge in [-0.05, 0) is 116 Å². The number of aliphatic imine (C=N–C) groups is 2. The Bertz CT molecular complexity index is 1360. The van der Waals surface area contributed by atoms with Gasteiger partial charge in [-0.25, -0.2) is 9.59 Å². The second-order valence-electron chi connectivity index (χ2n) is 14.1. The fourth-order valence-corrected chi connectivity index (χ4v) is 5.11. The summed E-state index contributed by atoms with van der Waals surface area (Å²) in [6.45, 7) is 16.4. The summed E-state index contributed by atoms with van der Waals surface area (Å²) in [6.07, 6.45) is 6.34. The summed E-state index contributed by atoms with van der Waals surface area (Å²) in [7, 11) is 0. The van der Waals surface area contributed by atoms with E-state index in [9.17, 15) is 9.59 Å². The quantitative estimate of drug-likeness (QED) is 0.220. The minimum Gasteiger partial charge on any atom is -0.494 e. The number of benzene rings is 2. The van der Waals surface area contributed by atoms with E-state index >= 15 is 0 Å². The summed E-state index contributed by atoms with van der Waals surface area (Å²) in [4.78, 5) is 37.8. The Labute approximate surface area is 296 Å². The van der Waals surface area contributed by atoms with Crippen LogP contribution < -0.4 is 20.1 Å². The molecule has 0 aromatic heterocycles. The lowest BCUT2D eigenvalue weighted by molar-refractivity contribution is 0.0352. The average Bonchev–Trinajstić information content (AvgIpc) is 3.08. The zero-order valence-corrected chi connectivity index (χ0v) is 30.5. The second-order valence-corrected chi connectivity index (χ2v) is 14.1. The molecule has 50 heavy (non-hydrogen) atoms. The van der Waals surface area contributed by atoms with E-state index in [0.717, 1.165) is 61.4 Å². The van der Waals surface area contributed by atoms with Crippen LogP contribution in [0, 0.1) is 0 Å². The molecule has 4 rings (SSSR count). The van der Waals surface area contributed by atoms with Gasteiger partial charge in [-0.1, -0.05) is 0 Å². The van der Waals surface area contributed by atoms with Gasteiger partial charge in [0.1, 0.15) is 34.4 Å². The summed E-state index contributed by atoms with van der Waals surface area (Å²) in [5.41, 5.74) is 0.603. The molecule has 2 amide bonds. The number of carbonyl (C=O) groups is 2. The smallest absolute Gasteiger partial charge is 0.416 e. The predicted octanol–water partition coefficient (Wildman–Crippen LogP) is 6.35. The van der Waals surface area contributed by atoms with Gasteiger partial charge in [0, 0.05) is 62.8 Å². The van der Waals surface area contributed by atoms with E-state index in [2.05, 4.69) is 20.6 Å². The molecule has 0 aliphatic carbocycles. The van der Waals surface area contributed by atoms with Crippen molar-refractivity contribution < 1.29 is 28.5 Å². The maximum absolute atomic E-state index is 12.7. The molecular formula is C38H54N6O6. The van der Waals surface area contributed by atoms with E-state index in [1.54, 1.807) is 9.80 Å². The van der Waals surface area contributed by atoms with Crippen LogP contribution in [0.1, 0.15) is 78.4 Å². The van der Waals surface area contributed by atoms with Crippen molar-refractivity contribution in [2.75, 3.05) is 52.5 Å². The van der Waals surface area contributed by atoms with Gasteiger partial charge in [-0.3, -0.25) is 19.8 Å². The number of ether oxygens (including phenoxy) is 4. The Morgan fingerprint density at radius 1 is 0.660 bits per heavy atom. The lowest BCUT2D eigenvalue weighted by Gasteiger charge is -2.30. The van der Waals surface area contributed by atoms with Crippen LogP contribution in [0.2, 0.25) is 0 Å². The van der Waals surface area contributed by atoms with Crippen molar-refractivity contribution in [1.29, 1.82) is 0 Å². The molecule has 0 atom stereocenters. The summed E-state index contributed by atoms with van der Waals surface area (Å²) in [5.74, 6) is 2.82. The number of hydrogen-bond donors (Lipinski definition) is 2. The Morgan fingerprint density at radius 3 is 1.40 bits per heavy atom. The number of carbonyl (C=O) groups excluding carboxylic acids is 2. The lowest BCUT2D eigenvalue weighted by Crippen LogP contribution is -2.44. The van der Waals surface area contributed by atoms with Crippen molar-refractivity contribution in [3.8, 4) is 11.5 Å². The summed E-state index contributed by atoms with van der Waals surface area (Å²) < 4.78 is 22.9. The molecule has 0 unspecified atom stereocenters. The molecule has 12 heteroatoms. The van der Waals surface area contributed by atoms with Crippen LogP contribution in [-0.2, 0) is 9.47 Å². The summed E-state index contributed by atoms with van der Waals surface area (Å²) >= 11 is 0. The third-order valence-corrected chi connectivity index (χ3v) is 7.35. The second kappa shape index (κ2) is 18.3. The normalized spacial score (nSPS) is 15.2. The maximum atomic E-state index is 12.7. The average molecular weight is 691 g/mol. The maximum Gasteiger partial charge on any atom is 0.416 e. The fourth-order valence-electron chi connectivity index (χ4n) is 5.11. The standard InChI is InChI=1S/C38H54N6O6/c1-37(2,3)49-35(45)43-25-7-21-41-33(43)29-11-15-31(16-12-29)47-27-9-19-39-23-24-40-20-10-28-48-32-17-13-30(14-18-32)34-42-22-8-26-44(34)36(46)50-38(4,5)6/h11-18,23-24,39-40H,7-10,19-22,25-28H2,1-6H3/b24-23-. The van der Waals surface area contributed by atoms with Gasteiger partial charge in [0.25, 0.3) is 0 Å². The highest BCUT2D eigenvalue weighted by Gasteiger charge is 2.29. The molecule has 0 saturated carbocycles. The molecule has 2 heterocycles. The van der Waals surface area contributed by atoms with Gasteiger partial charge in [-0.15, -0.1) is 0 Å². The summed E-state index contributed by atoms with van der Waals surface area (Å²) in [5, 5.41) is 6.53. The molecular weight excluding hydrogens is 636 g/mol. The zero-order chi connectivity index (χ0) is 36.0. The van der Waals surface area contributed by atoms with E-state index in [-0.39, 0.29) is 12.2 Å².